The van der Waals surface area contributed by atoms with Gasteiger partial charge in [-0.2, -0.15) is 0 Å². The summed E-state index contributed by atoms with van der Waals surface area (Å²) in [5.41, 5.74) is 0.606. The van der Waals surface area contributed by atoms with E-state index >= 15 is 0 Å². The molecule has 1 N–H and O–H groups in total. The highest BCUT2D eigenvalue weighted by molar-refractivity contribution is 5.02. The summed E-state index contributed by atoms with van der Waals surface area (Å²) in [5, 5.41) is 3.83. The van der Waals surface area contributed by atoms with Crippen LogP contribution in [0.5, 0.6) is 0 Å². The zero-order chi connectivity index (χ0) is 13.6. The average Bonchev–Trinajstić information content (AvgIpc) is 2.97. The third kappa shape index (κ3) is 4.91. The average molecular weight is 253 g/mol. The summed E-state index contributed by atoms with van der Waals surface area (Å²) < 4.78 is 0. The van der Waals surface area contributed by atoms with Crippen LogP contribution in [-0.2, 0) is 0 Å². The predicted molar refractivity (Wildman–Crippen MR) is 81.9 cm³/mol. The van der Waals surface area contributed by atoms with Gasteiger partial charge in [0.1, 0.15) is 0 Å². The van der Waals surface area contributed by atoms with E-state index in [4.69, 9.17) is 0 Å². The van der Waals surface area contributed by atoms with Crippen LogP contribution in [0.2, 0.25) is 0 Å². The lowest BCUT2D eigenvalue weighted by molar-refractivity contribution is 0.306. The quantitative estimate of drug-likeness (QED) is 0.577. The van der Waals surface area contributed by atoms with Gasteiger partial charge in [-0.15, -0.1) is 0 Å². The van der Waals surface area contributed by atoms with Gasteiger partial charge in [-0.05, 0) is 43.1 Å². The maximum absolute atomic E-state index is 3.83. The van der Waals surface area contributed by atoms with Gasteiger partial charge in [0, 0.05) is 6.04 Å². The van der Waals surface area contributed by atoms with E-state index in [-0.39, 0.29) is 0 Å². The van der Waals surface area contributed by atoms with Gasteiger partial charge in [-0.3, -0.25) is 0 Å². The van der Waals surface area contributed by atoms with Crippen LogP contribution in [0.3, 0.4) is 0 Å². The van der Waals surface area contributed by atoms with Crippen LogP contribution >= 0.6 is 0 Å². The molecule has 1 fully saturated rings. The Morgan fingerprint density at radius 2 is 1.83 bits per heavy atom. The maximum atomic E-state index is 3.83. The van der Waals surface area contributed by atoms with Crippen molar-refractivity contribution < 1.29 is 0 Å². The first-order chi connectivity index (χ1) is 8.55. The minimum absolute atomic E-state index is 0.606. The summed E-state index contributed by atoms with van der Waals surface area (Å²) in [6.07, 6.45) is 9.64. The molecule has 3 unspecified atom stereocenters. The summed E-state index contributed by atoms with van der Waals surface area (Å²) >= 11 is 0. The molecule has 1 nitrogen and oxygen atoms in total. The molecule has 1 aliphatic rings. The second kappa shape index (κ2) is 7.53. The summed E-state index contributed by atoms with van der Waals surface area (Å²) in [7, 11) is 0. The van der Waals surface area contributed by atoms with Gasteiger partial charge in [-0.1, -0.05) is 60.3 Å². The summed E-state index contributed by atoms with van der Waals surface area (Å²) in [6, 6.07) is 0.779. The van der Waals surface area contributed by atoms with Crippen molar-refractivity contribution in [1.82, 2.24) is 5.32 Å². The zero-order valence-electron chi connectivity index (χ0n) is 13.4. The minimum atomic E-state index is 0.606. The molecule has 0 aromatic heterocycles. The van der Waals surface area contributed by atoms with E-state index in [2.05, 4.69) is 39.9 Å². The van der Waals surface area contributed by atoms with Crippen LogP contribution < -0.4 is 5.32 Å². The van der Waals surface area contributed by atoms with E-state index in [0.29, 0.717) is 5.41 Å². The molecule has 0 bridgehead atoms. The van der Waals surface area contributed by atoms with Crippen molar-refractivity contribution >= 4 is 0 Å². The predicted octanol–water partition coefficient (Wildman–Crippen LogP) is 5.01. The third-order valence-corrected chi connectivity index (χ3v) is 4.86. The van der Waals surface area contributed by atoms with E-state index in [1.165, 1.54) is 51.5 Å². The highest BCUT2D eigenvalue weighted by atomic mass is 14.9. The van der Waals surface area contributed by atoms with Crippen molar-refractivity contribution in [3.63, 3.8) is 0 Å². The third-order valence-electron chi connectivity index (χ3n) is 4.86. The van der Waals surface area contributed by atoms with Crippen molar-refractivity contribution in [1.29, 1.82) is 0 Å². The van der Waals surface area contributed by atoms with Crippen LogP contribution in [0.15, 0.2) is 0 Å². The van der Waals surface area contributed by atoms with Gasteiger partial charge in [0.25, 0.3) is 0 Å². The molecule has 18 heavy (non-hydrogen) atoms. The Hall–Kier alpha value is -0.0400. The van der Waals surface area contributed by atoms with E-state index in [1.807, 2.05) is 0 Å². The molecule has 1 heteroatoms. The number of rotatable bonds is 10. The van der Waals surface area contributed by atoms with Crippen LogP contribution in [0.4, 0.5) is 0 Å². The van der Waals surface area contributed by atoms with Crippen LogP contribution in [0.25, 0.3) is 0 Å². The molecule has 0 radical (unpaired) electrons. The normalized spacial score (nSPS) is 24.8. The molecule has 0 spiro atoms. The van der Waals surface area contributed by atoms with Crippen molar-refractivity contribution in [3.8, 4) is 0 Å². The Morgan fingerprint density at radius 3 is 2.28 bits per heavy atom. The van der Waals surface area contributed by atoms with Crippen molar-refractivity contribution in [2.45, 2.75) is 85.6 Å². The number of nitrogens with one attached hydrogen (secondary N) is 1. The zero-order valence-corrected chi connectivity index (χ0v) is 13.4. The topological polar surface area (TPSA) is 12.0 Å². The monoisotopic (exact) mass is 253 g/mol. The Morgan fingerprint density at radius 1 is 1.17 bits per heavy atom. The first-order valence-corrected chi connectivity index (χ1v) is 8.28. The molecule has 0 saturated heterocycles. The van der Waals surface area contributed by atoms with E-state index in [1.54, 1.807) is 0 Å². The van der Waals surface area contributed by atoms with Crippen molar-refractivity contribution in [2.24, 2.45) is 17.3 Å². The fraction of sp³-hybridized carbons (Fsp3) is 1.00. The Bertz CT molecular complexity index is 222. The van der Waals surface area contributed by atoms with Gasteiger partial charge >= 0.3 is 0 Å². The molecule has 1 rings (SSSR count). The standard InChI is InChI=1S/C17H35N/c1-6-9-10-14(8-3)12-16(18-11-7-2)15-13-17(15,4)5/h14-16,18H,6-13H2,1-5H3. The molecule has 0 aromatic carbocycles. The first-order valence-electron chi connectivity index (χ1n) is 8.28. The Kier molecular flexibility index (Phi) is 6.70. The van der Waals surface area contributed by atoms with Gasteiger partial charge in [-0.25, -0.2) is 0 Å². The summed E-state index contributed by atoms with van der Waals surface area (Å²) in [6.45, 7) is 13.0. The van der Waals surface area contributed by atoms with Crippen LogP contribution in [0, 0.1) is 17.3 Å². The lowest BCUT2D eigenvalue weighted by atomic mass is 9.88. The number of unbranched alkanes of at least 4 members (excludes halogenated alkanes) is 1. The van der Waals surface area contributed by atoms with Gasteiger partial charge in [0.2, 0.25) is 0 Å². The molecule has 3 atom stereocenters. The smallest absolute Gasteiger partial charge is 0.0103 e. The lowest BCUT2D eigenvalue weighted by Gasteiger charge is -2.25. The first kappa shape index (κ1) is 16.0. The van der Waals surface area contributed by atoms with Crippen molar-refractivity contribution in [3.05, 3.63) is 0 Å². The minimum Gasteiger partial charge on any atom is -0.314 e. The molecule has 0 aliphatic heterocycles. The fourth-order valence-electron chi connectivity index (χ4n) is 3.25. The van der Waals surface area contributed by atoms with E-state index in [9.17, 15) is 0 Å². The molecule has 0 heterocycles. The summed E-state index contributed by atoms with van der Waals surface area (Å²) in [4.78, 5) is 0. The lowest BCUT2D eigenvalue weighted by Crippen LogP contribution is -2.35. The van der Waals surface area contributed by atoms with E-state index < -0.39 is 0 Å². The highest BCUT2D eigenvalue weighted by Crippen LogP contribution is 2.54. The molecular formula is C17H35N. The van der Waals surface area contributed by atoms with Gasteiger partial charge in [0.15, 0.2) is 0 Å². The molecule has 1 saturated carbocycles. The van der Waals surface area contributed by atoms with E-state index in [0.717, 1.165) is 17.9 Å². The second-order valence-electron chi connectivity index (χ2n) is 7.01. The number of hydrogen-bond acceptors (Lipinski definition) is 1. The van der Waals surface area contributed by atoms with Crippen LogP contribution in [0.1, 0.15) is 79.6 Å². The van der Waals surface area contributed by atoms with Crippen LogP contribution in [-0.4, -0.2) is 12.6 Å². The Labute approximate surface area is 115 Å². The highest BCUT2D eigenvalue weighted by Gasteiger charge is 2.49. The van der Waals surface area contributed by atoms with Gasteiger partial charge in [0.05, 0.1) is 0 Å². The summed E-state index contributed by atoms with van der Waals surface area (Å²) in [5.74, 6) is 1.87. The largest absolute Gasteiger partial charge is 0.314 e. The molecule has 108 valence electrons. The number of hydrogen-bond donors (Lipinski definition) is 1. The molecule has 0 amide bonds. The molecular weight excluding hydrogens is 218 g/mol. The molecule has 0 aromatic rings. The fourth-order valence-corrected chi connectivity index (χ4v) is 3.25. The Balaban J connectivity index is 2.44. The molecule has 1 aliphatic carbocycles. The second-order valence-corrected chi connectivity index (χ2v) is 7.01. The SMILES string of the molecule is CCCCC(CC)CC(NCCC)C1CC1(C)C. The van der Waals surface area contributed by atoms with Gasteiger partial charge < -0.3 is 5.32 Å². The van der Waals surface area contributed by atoms with Crippen molar-refractivity contribution in [2.75, 3.05) is 6.54 Å². The maximum Gasteiger partial charge on any atom is 0.0103 e.